The number of hydrogen-bond donors (Lipinski definition) is 2. The number of amidine groups is 1. The highest BCUT2D eigenvalue weighted by atomic mass is 16.5. The molecule has 3 nitrogen and oxygen atoms in total. The summed E-state index contributed by atoms with van der Waals surface area (Å²) in [5.74, 6) is 1.20. The van der Waals surface area contributed by atoms with E-state index in [0.717, 1.165) is 18.9 Å². The first-order valence-corrected chi connectivity index (χ1v) is 6.54. The number of hydrogen-bond acceptors (Lipinski definition) is 2. The van der Waals surface area contributed by atoms with Crippen LogP contribution in [0.25, 0.3) is 0 Å². The van der Waals surface area contributed by atoms with Crippen LogP contribution >= 0.6 is 0 Å². The van der Waals surface area contributed by atoms with E-state index >= 15 is 0 Å². The number of nitrogens with one attached hydrogen (secondary N) is 1. The van der Waals surface area contributed by atoms with Gasteiger partial charge in [-0.05, 0) is 44.4 Å². The first-order valence-electron chi connectivity index (χ1n) is 6.54. The second kappa shape index (κ2) is 4.74. The minimum atomic E-state index is 0.245. The van der Waals surface area contributed by atoms with Gasteiger partial charge < -0.3 is 10.5 Å². The maximum Gasteiger partial charge on any atom is 0.0911 e. The van der Waals surface area contributed by atoms with Crippen molar-refractivity contribution in [3.8, 4) is 0 Å². The second-order valence-electron chi connectivity index (χ2n) is 5.89. The molecule has 0 atom stereocenters. The van der Waals surface area contributed by atoms with Crippen LogP contribution in [0.2, 0.25) is 0 Å². The van der Waals surface area contributed by atoms with E-state index in [1.54, 1.807) is 0 Å². The van der Waals surface area contributed by atoms with Crippen LogP contribution < -0.4 is 5.73 Å². The van der Waals surface area contributed by atoms with Gasteiger partial charge in [-0.15, -0.1) is 0 Å². The van der Waals surface area contributed by atoms with Crippen LogP contribution in [0.3, 0.4) is 0 Å². The van der Waals surface area contributed by atoms with Crippen LogP contribution in [-0.4, -0.2) is 18.5 Å². The summed E-state index contributed by atoms with van der Waals surface area (Å²) in [7, 11) is 0. The minimum Gasteiger partial charge on any atom is -0.388 e. The summed E-state index contributed by atoms with van der Waals surface area (Å²) in [5.41, 5.74) is 5.72. The average Bonchev–Trinajstić information content (AvgIpc) is 2.97. The molecule has 0 amide bonds. The Morgan fingerprint density at radius 1 is 1.31 bits per heavy atom. The largest absolute Gasteiger partial charge is 0.388 e. The smallest absolute Gasteiger partial charge is 0.0911 e. The predicted octanol–water partition coefficient (Wildman–Crippen LogP) is 2.69. The molecule has 0 bridgehead atoms. The van der Waals surface area contributed by atoms with Gasteiger partial charge in [-0.2, -0.15) is 0 Å². The summed E-state index contributed by atoms with van der Waals surface area (Å²) in [4.78, 5) is 0. The third-order valence-electron chi connectivity index (χ3n) is 4.11. The monoisotopic (exact) mass is 224 g/mol. The number of rotatable bonds is 5. The lowest BCUT2D eigenvalue weighted by Crippen LogP contribution is -2.26. The van der Waals surface area contributed by atoms with Gasteiger partial charge in [0, 0.05) is 11.8 Å². The van der Waals surface area contributed by atoms with E-state index in [4.69, 9.17) is 15.9 Å². The van der Waals surface area contributed by atoms with Crippen LogP contribution in [0.4, 0.5) is 0 Å². The molecule has 0 aromatic carbocycles. The van der Waals surface area contributed by atoms with Crippen LogP contribution in [0.5, 0.6) is 0 Å². The SMILES string of the molecule is CC1CCC(OCC2(CC(=N)N)CC2)CC1. The van der Waals surface area contributed by atoms with Crippen LogP contribution in [0.15, 0.2) is 0 Å². The highest BCUT2D eigenvalue weighted by Gasteiger charge is 2.43. The standard InChI is InChI=1S/C13H24N2O/c1-10-2-4-11(5-3-10)16-9-13(6-7-13)8-12(14)15/h10-11H,2-9H2,1H3,(H3,14,15). The van der Waals surface area contributed by atoms with E-state index < -0.39 is 0 Å². The number of nitrogens with two attached hydrogens (primary N) is 1. The molecule has 16 heavy (non-hydrogen) atoms. The quantitative estimate of drug-likeness (QED) is 0.557. The van der Waals surface area contributed by atoms with Crippen LogP contribution in [0.1, 0.15) is 51.9 Å². The Bertz CT molecular complexity index is 253. The molecule has 3 heteroatoms. The summed E-state index contributed by atoms with van der Waals surface area (Å²) in [6.07, 6.45) is 8.64. The normalized spacial score (nSPS) is 32.3. The van der Waals surface area contributed by atoms with E-state index in [0.29, 0.717) is 11.9 Å². The molecular weight excluding hydrogens is 200 g/mol. The van der Waals surface area contributed by atoms with Gasteiger partial charge in [0.1, 0.15) is 0 Å². The zero-order valence-electron chi connectivity index (χ0n) is 10.3. The lowest BCUT2D eigenvalue weighted by atomic mass is 9.89. The Kier molecular flexibility index (Phi) is 3.53. The van der Waals surface area contributed by atoms with Crippen molar-refractivity contribution >= 4 is 5.84 Å². The van der Waals surface area contributed by atoms with Gasteiger partial charge in [0.25, 0.3) is 0 Å². The fourth-order valence-corrected chi connectivity index (χ4v) is 2.64. The zero-order valence-corrected chi connectivity index (χ0v) is 10.3. The van der Waals surface area contributed by atoms with Crippen LogP contribution in [-0.2, 0) is 4.74 Å². The van der Waals surface area contributed by atoms with E-state index in [-0.39, 0.29) is 5.41 Å². The van der Waals surface area contributed by atoms with Crippen molar-refractivity contribution in [3.05, 3.63) is 0 Å². The Labute approximate surface area is 98.2 Å². The third kappa shape index (κ3) is 3.21. The number of ether oxygens (including phenoxy) is 1. The molecule has 0 spiro atoms. The molecule has 2 fully saturated rings. The summed E-state index contributed by atoms with van der Waals surface area (Å²) in [5, 5.41) is 7.36. The minimum absolute atomic E-state index is 0.245. The van der Waals surface area contributed by atoms with Crippen molar-refractivity contribution in [2.75, 3.05) is 6.61 Å². The first kappa shape index (κ1) is 11.9. The molecule has 92 valence electrons. The molecule has 0 heterocycles. The Balaban J connectivity index is 1.69. The second-order valence-corrected chi connectivity index (χ2v) is 5.89. The Morgan fingerprint density at radius 3 is 2.44 bits per heavy atom. The Hall–Kier alpha value is -0.570. The van der Waals surface area contributed by atoms with E-state index in [1.807, 2.05) is 0 Å². The average molecular weight is 224 g/mol. The van der Waals surface area contributed by atoms with Gasteiger partial charge in [-0.3, -0.25) is 5.41 Å². The zero-order chi connectivity index (χ0) is 11.6. The molecule has 0 aliphatic heterocycles. The van der Waals surface area contributed by atoms with Crippen molar-refractivity contribution in [2.24, 2.45) is 17.1 Å². The maximum absolute atomic E-state index is 7.36. The van der Waals surface area contributed by atoms with Crippen molar-refractivity contribution in [2.45, 2.75) is 58.0 Å². The van der Waals surface area contributed by atoms with Crippen molar-refractivity contribution in [3.63, 3.8) is 0 Å². The first-order chi connectivity index (χ1) is 7.60. The molecule has 2 aliphatic carbocycles. The van der Waals surface area contributed by atoms with Gasteiger partial charge in [-0.1, -0.05) is 6.92 Å². The van der Waals surface area contributed by atoms with Crippen molar-refractivity contribution in [1.82, 2.24) is 0 Å². The highest BCUT2D eigenvalue weighted by molar-refractivity contribution is 5.78. The highest BCUT2D eigenvalue weighted by Crippen LogP contribution is 2.49. The van der Waals surface area contributed by atoms with E-state index in [9.17, 15) is 0 Å². The summed E-state index contributed by atoms with van der Waals surface area (Å²) >= 11 is 0. The van der Waals surface area contributed by atoms with Gasteiger partial charge in [0.05, 0.1) is 18.5 Å². The molecule has 2 aliphatic rings. The van der Waals surface area contributed by atoms with Crippen molar-refractivity contribution in [1.29, 1.82) is 5.41 Å². The molecule has 0 radical (unpaired) electrons. The molecule has 2 rings (SSSR count). The lowest BCUT2D eigenvalue weighted by Gasteiger charge is -2.28. The van der Waals surface area contributed by atoms with Gasteiger partial charge >= 0.3 is 0 Å². The van der Waals surface area contributed by atoms with Crippen LogP contribution in [0, 0.1) is 16.7 Å². The summed E-state index contributed by atoms with van der Waals surface area (Å²) in [6, 6.07) is 0. The topological polar surface area (TPSA) is 59.1 Å². The van der Waals surface area contributed by atoms with Gasteiger partial charge in [0.2, 0.25) is 0 Å². The molecule has 2 saturated carbocycles. The van der Waals surface area contributed by atoms with Gasteiger partial charge in [-0.25, -0.2) is 0 Å². The summed E-state index contributed by atoms with van der Waals surface area (Å²) in [6.45, 7) is 3.15. The lowest BCUT2D eigenvalue weighted by molar-refractivity contribution is -0.00384. The predicted molar refractivity (Wildman–Crippen MR) is 65.6 cm³/mol. The molecule has 0 aromatic rings. The third-order valence-corrected chi connectivity index (χ3v) is 4.11. The molecule has 3 N–H and O–H groups in total. The van der Waals surface area contributed by atoms with E-state index in [1.165, 1.54) is 38.5 Å². The fraction of sp³-hybridized carbons (Fsp3) is 0.923. The molecule has 0 unspecified atom stereocenters. The molecular formula is C13H24N2O. The fourth-order valence-electron chi connectivity index (χ4n) is 2.64. The maximum atomic E-state index is 7.36. The summed E-state index contributed by atoms with van der Waals surface area (Å²) < 4.78 is 6.01. The Morgan fingerprint density at radius 2 is 1.94 bits per heavy atom. The molecule has 0 saturated heterocycles. The van der Waals surface area contributed by atoms with Crippen molar-refractivity contribution < 1.29 is 4.74 Å². The van der Waals surface area contributed by atoms with E-state index in [2.05, 4.69) is 6.92 Å². The molecule has 0 aromatic heterocycles. The van der Waals surface area contributed by atoms with Gasteiger partial charge in [0.15, 0.2) is 0 Å².